The van der Waals surface area contributed by atoms with Gasteiger partial charge < -0.3 is 4.90 Å². The maximum atomic E-state index is 12.9. The van der Waals surface area contributed by atoms with Crippen LogP contribution in [-0.4, -0.2) is 41.5 Å². The van der Waals surface area contributed by atoms with Crippen LogP contribution in [0.4, 0.5) is 5.69 Å². The molecular weight excluding hydrogens is 344 g/mol. The van der Waals surface area contributed by atoms with Crippen molar-refractivity contribution in [3.05, 3.63) is 29.8 Å². The minimum atomic E-state index is -0.570. The Labute approximate surface area is 158 Å². The zero-order valence-electron chi connectivity index (χ0n) is 15.4. The Bertz CT molecular complexity index is 810. The van der Waals surface area contributed by atoms with E-state index in [2.05, 4.69) is 0 Å². The number of anilines is 1. The first-order valence-electron chi connectivity index (χ1n) is 9.79. The summed E-state index contributed by atoms with van der Waals surface area (Å²) in [4.78, 5) is 52.9. The van der Waals surface area contributed by atoms with Crippen molar-refractivity contribution < 1.29 is 19.2 Å². The molecule has 1 aliphatic carbocycles. The number of likely N-dealkylation sites (tertiary alicyclic amines) is 1. The second-order valence-corrected chi connectivity index (χ2v) is 7.93. The van der Waals surface area contributed by atoms with Gasteiger partial charge in [0, 0.05) is 30.6 Å². The number of ketones is 1. The average molecular weight is 368 g/mol. The average Bonchev–Trinajstić information content (AvgIpc) is 3.20. The number of amides is 3. The van der Waals surface area contributed by atoms with Crippen LogP contribution in [0.2, 0.25) is 0 Å². The number of benzene rings is 1. The van der Waals surface area contributed by atoms with E-state index in [4.69, 9.17) is 0 Å². The minimum Gasteiger partial charge on any atom is -0.312 e. The molecule has 27 heavy (non-hydrogen) atoms. The zero-order chi connectivity index (χ0) is 19.0. The summed E-state index contributed by atoms with van der Waals surface area (Å²) >= 11 is 0. The molecule has 0 N–H and O–H groups in total. The lowest BCUT2D eigenvalue weighted by Gasteiger charge is -2.30. The van der Waals surface area contributed by atoms with Crippen molar-refractivity contribution in [2.45, 2.75) is 51.4 Å². The first kappa shape index (κ1) is 17.9. The molecule has 3 aliphatic rings. The lowest BCUT2D eigenvalue weighted by atomic mass is 9.73. The third-order valence-corrected chi connectivity index (χ3v) is 6.16. The van der Waals surface area contributed by atoms with Gasteiger partial charge in [0.15, 0.2) is 5.78 Å². The molecule has 0 aromatic heterocycles. The molecule has 0 unspecified atom stereocenters. The van der Waals surface area contributed by atoms with E-state index in [0.29, 0.717) is 24.2 Å². The van der Waals surface area contributed by atoms with Crippen LogP contribution in [0.5, 0.6) is 0 Å². The van der Waals surface area contributed by atoms with Gasteiger partial charge in [0.2, 0.25) is 17.7 Å². The molecule has 3 amide bonds. The van der Waals surface area contributed by atoms with E-state index in [1.165, 1.54) is 0 Å². The maximum absolute atomic E-state index is 12.9. The number of carbonyl (C=O) groups is 4. The first-order valence-corrected chi connectivity index (χ1v) is 9.79. The predicted octanol–water partition coefficient (Wildman–Crippen LogP) is 2.71. The second-order valence-electron chi connectivity index (χ2n) is 7.93. The van der Waals surface area contributed by atoms with E-state index in [1.54, 1.807) is 23.1 Å². The van der Waals surface area contributed by atoms with E-state index in [0.717, 1.165) is 43.4 Å². The zero-order valence-corrected chi connectivity index (χ0v) is 15.4. The fourth-order valence-corrected chi connectivity index (χ4v) is 4.64. The molecule has 0 radical (unpaired) electrons. The number of hydrogen-bond acceptors (Lipinski definition) is 4. The smallest absolute Gasteiger partial charge is 0.236 e. The summed E-state index contributed by atoms with van der Waals surface area (Å²) in [6.45, 7) is 0.443. The van der Waals surface area contributed by atoms with Gasteiger partial charge in [0.05, 0.1) is 12.0 Å². The van der Waals surface area contributed by atoms with Gasteiger partial charge in [0.25, 0.3) is 0 Å². The second kappa shape index (κ2) is 6.91. The Kier molecular flexibility index (Phi) is 4.58. The molecule has 1 aromatic carbocycles. The Morgan fingerprint density at radius 2 is 1.78 bits per heavy atom. The maximum Gasteiger partial charge on any atom is 0.236 e. The lowest BCUT2D eigenvalue weighted by Crippen LogP contribution is -2.39. The van der Waals surface area contributed by atoms with Crippen LogP contribution in [0.3, 0.4) is 0 Å². The standard InChI is InChI=1S/C21H24N2O4/c24-17(15-6-4-7-16(12-15)22-11-5-8-18(22)25)14-23-19(26)13-21(20(23)27)9-2-1-3-10-21/h4,6-7,12H,1-3,5,8-11,13-14H2. The van der Waals surface area contributed by atoms with Gasteiger partial charge in [-0.05, 0) is 31.4 Å². The Morgan fingerprint density at radius 1 is 1.00 bits per heavy atom. The van der Waals surface area contributed by atoms with Crippen molar-refractivity contribution in [3.63, 3.8) is 0 Å². The highest BCUT2D eigenvalue weighted by Crippen LogP contribution is 2.45. The van der Waals surface area contributed by atoms with E-state index in [-0.39, 0.29) is 36.5 Å². The molecule has 2 saturated heterocycles. The molecule has 4 rings (SSSR count). The van der Waals surface area contributed by atoms with Crippen LogP contribution >= 0.6 is 0 Å². The van der Waals surface area contributed by atoms with E-state index in [9.17, 15) is 19.2 Å². The molecule has 0 atom stereocenters. The molecule has 0 bridgehead atoms. The van der Waals surface area contributed by atoms with Gasteiger partial charge in [-0.3, -0.25) is 24.1 Å². The molecule has 1 aromatic rings. The first-order chi connectivity index (χ1) is 13.0. The Morgan fingerprint density at radius 3 is 2.48 bits per heavy atom. The van der Waals surface area contributed by atoms with Crippen molar-refractivity contribution in [1.82, 2.24) is 4.90 Å². The normalized spacial score (nSPS) is 22.1. The lowest BCUT2D eigenvalue weighted by molar-refractivity contribution is -0.141. The van der Waals surface area contributed by atoms with E-state index in [1.807, 2.05) is 6.07 Å². The molecular formula is C21H24N2O4. The molecule has 142 valence electrons. The van der Waals surface area contributed by atoms with Crippen molar-refractivity contribution in [2.24, 2.45) is 5.41 Å². The molecule has 6 heteroatoms. The summed E-state index contributed by atoms with van der Waals surface area (Å²) in [7, 11) is 0. The van der Waals surface area contributed by atoms with Gasteiger partial charge >= 0.3 is 0 Å². The Balaban J connectivity index is 1.50. The van der Waals surface area contributed by atoms with Crippen molar-refractivity contribution in [1.29, 1.82) is 0 Å². The molecule has 6 nitrogen and oxygen atoms in total. The fraction of sp³-hybridized carbons (Fsp3) is 0.524. The van der Waals surface area contributed by atoms with Crippen LogP contribution < -0.4 is 4.90 Å². The van der Waals surface area contributed by atoms with Crippen LogP contribution in [0.1, 0.15) is 61.7 Å². The summed E-state index contributed by atoms with van der Waals surface area (Å²) < 4.78 is 0. The van der Waals surface area contributed by atoms with Gasteiger partial charge in [0.1, 0.15) is 0 Å². The van der Waals surface area contributed by atoms with Crippen LogP contribution in [0.15, 0.2) is 24.3 Å². The third-order valence-electron chi connectivity index (χ3n) is 6.16. The summed E-state index contributed by atoms with van der Waals surface area (Å²) in [5.41, 5.74) is 0.558. The van der Waals surface area contributed by atoms with Crippen LogP contribution in [0.25, 0.3) is 0 Å². The number of imide groups is 1. The number of carbonyl (C=O) groups excluding carboxylic acids is 4. The summed E-state index contributed by atoms with van der Waals surface area (Å²) in [6, 6.07) is 6.91. The number of hydrogen-bond donors (Lipinski definition) is 0. The molecule has 1 spiro atoms. The van der Waals surface area contributed by atoms with Crippen molar-refractivity contribution in [2.75, 3.05) is 18.0 Å². The topological polar surface area (TPSA) is 74.8 Å². The highest BCUT2D eigenvalue weighted by atomic mass is 16.2. The quantitative estimate of drug-likeness (QED) is 0.605. The van der Waals surface area contributed by atoms with E-state index < -0.39 is 5.41 Å². The van der Waals surface area contributed by atoms with Crippen molar-refractivity contribution >= 4 is 29.2 Å². The Hall–Kier alpha value is -2.50. The third kappa shape index (κ3) is 3.17. The molecule has 2 heterocycles. The van der Waals surface area contributed by atoms with Crippen LogP contribution in [-0.2, 0) is 14.4 Å². The highest BCUT2D eigenvalue weighted by molar-refractivity contribution is 6.10. The molecule has 2 aliphatic heterocycles. The number of Topliss-reactive ketones (excluding diaryl/α,β-unsaturated/α-hetero) is 1. The highest BCUT2D eigenvalue weighted by Gasteiger charge is 2.51. The molecule has 1 saturated carbocycles. The van der Waals surface area contributed by atoms with Crippen molar-refractivity contribution in [3.8, 4) is 0 Å². The number of rotatable bonds is 4. The van der Waals surface area contributed by atoms with Gasteiger partial charge in [-0.1, -0.05) is 31.4 Å². The van der Waals surface area contributed by atoms with E-state index >= 15 is 0 Å². The number of nitrogens with zero attached hydrogens (tertiary/aromatic N) is 2. The summed E-state index contributed by atoms with van der Waals surface area (Å²) in [5.74, 6) is -0.616. The largest absolute Gasteiger partial charge is 0.312 e. The monoisotopic (exact) mass is 368 g/mol. The summed E-state index contributed by atoms with van der Waals surface area (Å²) in [6.07, 6.45) is 6.10. The van der Waals surface area contributed by atoms with Gasteiger partial charge in [-0.15, -0.1) is 0 Å². The summed E-state index contributed by atoms with van der Waals surface area (Å²) in [5, 5.41) is 0. The SMILES string of the molecule is O=C(CN1C(=O)CC2(CCCCC2)C1=O)c1cccc(N2CCCC2=O)c1. The van der Waals surface area contributed by atoms with Gasteiger partial charge in [-0.25, -0.2) is 0 Å². The van der Waals surface area contributed by atoms with Crippen LogP contribution in [0, 0.1) is 5.41 Å². The van der Waals surface area contributed by atoms with Gasteiger partial charge in [-0.2, -0.15) is 0 Å². The molecule has 3 fully saturated rings. The predicted molar refractivity (Wildman–Crippen MR) is 99.2 cm³/mol. The fourth-order valence-electron chi connectivity index (χ4n) is 4.64. The minimum absolute atomic E-state index is 0.0590.